The standard InChI is InChI=1S/C15H24N2O3S/c1-11-9-13(16-3)10-12(2)15(11)21(18,19)17-7-5-14(20-4)6-8-17/h9-10,14,16H,5-8H2,1-4H3. The lowest BCUT2D eigenvalue weighted by atomic mass is 10.1. The van der Waals surface area contributed by atoms with Gasteiger partial charge in [0, 0.05) is 32.9 Å². The molecule has 0 atom stereocenters. The van der Waals surface area contributed by atoms with Gasteiger partial charge in [0.05, 0.1) is 11.0 Å². The summed E-state index contributed by atoms with van der Waals surface area (Å²) in [5, 5.41) is 3.06. The smallest absolute Gasteiger partial charge is 0.243 e. The fourth-order valence-corrected chi connectivity index (χ4v) is 4.82. The number of nitrogens with one attached hydrogen (secondary N) is 1. The zero-order chi connectivity index (χ0) is 15.6. The van der Waals surface area contributed by atoms with E-state index in [0.29, 0.717) is 18.0 Å². The lowest BCUT2D eigenvalue weighted by molar-refractivity contribution is 0.0604. The highest BCUT2D eigenvalue weighted by Gasteiger charge is 2.31. The second-order valence-corrected chi connectivity index (χ2v) is 7.40. The molecule has 21 heavy (non-hydrogen) atoms. The molecule has 1 saturated heterocycles. The summed E-state index contributed by atoms with van der Waals surface area (Å²) in [6.07, 6.45) is 1.68. The van der Waals surface area contributed by atoms with Crippen LogP contribution in [0.25, 0.3) is 0 Å². The van der Waals surface area contributed by atoms with Gasteiger partial charge in [-0.2, -0.15) is 4.31 Å². The van der Waals surface area contributed by atoms with Gasteiger partial charge in [-0.3, -0.25) is 0 Å². The summed E-state index contributed by atoms with van der Waals surface area (Å²) in [5.41, 5.74) is 2.50. The minimum atomic E-state index is -3.43. The third kappa shape index (κ3) is 3.22. The van der Waals surface area contributed by atoms with Crippen LogP contribution in [0.5, 0.6) is 0 Å². The maximum absolute atomic E-state index is 12.9. The predicted molar refractivity (Wildman–Crippen MR) is 84.3 cm³/mol. The van der Waals surface area contributed by atoms with Gasteiger partial charge in [-0.05, 0) is 49.9 Å². The summed E-state index contributed by atoms with van der Waals surface area (Å²) in [5.74, 6) is 0. The van der Waals surface area contributed by atoms with Crippen molar-refractivity contribution >= 4 is 15.7 Å². The Hall–Kier alpha value is -1.11. The van der Waals surface area contributed by atoms with Gasteiger partial charge in [0.15, 0.2) is 0 Å². The third-order valence-corrected chi connectivity index (χ3v) is 6.29. The van der Waals surface area contributed by atoms with E-state index in [-0.39, 0.29) is 6.10 Å². The second kappa shape index (κ2) is 6.34. The lowest BCUT2D eigenvalue weighted by Gasteiger charge is -2.31. The zero-order valence-electron chi connectivity index (χ0n) is 13.1. The maximum Gasteiger partial charge on any atom is 0.243 e. The molecule has 1 aromatic rings. The molecule has 1 fully saturated rings. The molecule has 0 amide bonds. The van der Waals surface area contributed by atoms with Gasteiger partial charge in [0.1, 0.15) is 0 Å². The number of sulfonamides is 1. The Morgan fingerprint density at radius 2 is 1.71 bits per heavy atom. The Bertz CT molecular complexity index is 582. The summed E-state index contributed by atoms with van der Waals surface area (Å²) < 4.78 is 32.7. The number of ether oxygens (including phenoxy) is 1. The Morgan fingerprint density at radius 1 is 1.19 bits per heavy atom. The first-order chi connectivity index (χ1) is 9.90. The van der Waals surface area contributed by atoms with E-state index < -0.39 is 10.0 Å². The molecule has 0 aromatic heterocycles. The van der Waals surface area contributed by atoms with Crippen LogP contribution < -0.4 is 5.32 Å². The fourth-order valence-electron chi connectivity index (χ4n) is 2.94. The summed E-state index contributed by atoms with van der Waals surface area (Å²) >= 11 is 0. The molecule has 0 unspecified atom stereocenters. The van der Waals surface area contributed by atoms with E-state index in [2.05, 4.69) is 5.32 Å². The van der Waals surface area contributed by atoms with Crippen LogP contribution >= 0.6 is 0 Å². The molecule has 2 rings (SSSR count). The fraction of sp³-hybridized carbons (Fsp3) is 0.600. The molecule has 0 saturated carbocycles. The number of rotatable bonds is 4. The summed E-state index contributed by atoms with van der Waals surface area (Å²) in [6.45, 7) is 4.74. The molecule has 5 nitrogen and oxygen atoms in total. The molecule has 1 aromatic carbocycles. The van der Waals surface area contributed by atoms with E-state index in [1.807, 2.05) is 33.0 Å². The first-order valence-electron chi connectivity index (χ1n) is 7.22. The van der Waals surface area contributed by atoms with Crippen LogP contribution in [0.3, 0.4) is 0 Å². The van der Waals surface area contributed by atoms with E-state index in [0.717, 1.165) is 29.7 Å². The SMILES string of the molecule is CNc1cc(C)c(S(=O)(=O)N2CCC(OC)CC2)c(C)c1. The van der Waals surface area contributed by atoms with Gasteiger partial charge in [-0.25, -0.2) is 8.42 Å². The van der Waals surface area contributed by atoms with E-state index in [9.17, 15) is 8.42 Å². The molecular weight excluding hydrogens is 288 g/mol. The van der Waals surface area contributed by atoms with Gasteiger partial charge in [-0.15, -0.1) is 0 Å². The molecule has 1 N–H and O–H groups in total. The largest absolute Gasteiger partial charge is 0.388 e. The van der Waals surface area contributed by atoms with Crippen molar-refractivity contribution in [1.82, 2.24) is 4.31 Å². The number of methoxy groups -OCH3 is 1. The molecule has 0 radical (unpaired) electrons. The number of piperidine rings is 1. The van der Waals surface area contributed by atoms with Crippen molar-refractivity contribution in [3.8, 4) is 0 Å². The number of aryl methyl sites for hydroxylation is 2. The van der Waals surface area contributed by atoms with Crippen molar-refractivity contribution in [2.24, 2.45) is 0 Å². The normalized spacial score (nSPS) is 17.9. The average Bonchev–Trinajstić information content (AvgIpc) is 2.46. The van der Waals surface area contributed by atoms with Gasteiger partial charge in [0.25, 0.3) is 0 Å². The zero-order valence-corrected chi connectivity index (χ0v) is 14.0. The van der Waals surface area contributed by atoms with Crippen LogP contribution in [0.1, 0.15) is 24.0 Å². The van der Waals surface area contributed by atoms with Crippen LogP contribution in [0.2, 0.25) is 0 Å². The van der Waals surface area contributed by atoms with Gasteiger partial charge in [0.2, 0.25) is 10.0 Å². The molecule has 1 heterocycles. The van der Waals surface area contributed by atoms with Crippen LogP contribution in [0.15, 0.2) is 17.0 Å². The molecule has 6 heteroatoms. The van der Waals surface area contributed by atoms with E-state index in [4.69, 9.17) is 4.74 Å². The Morgan fingerprint density at radius 3 is 2.14 bits per heavy atom. The van der Waals surface area contributed by atoms with Crippen molar-refractivity contribution in [3.05, 3.63) is 23.3 Å². The first kappa shape index (κ1) is 16.3. The van der Waals surface area contributed by atoms with Crippen LogP contribution in [-0.4, -0.2) is 46.1 Å². The Labute approximate surface area is 127 Å². The molecule has 118 valence electrons. The van der Waals surface area contributed by atoms with E-state index in [1.54, 1.807) is 11.4 Å². The monoisotopic (exact) mass is 312 g/mol. The van der Waals surface area contributed by atoms with E-state index in [1.165, 1.54) is 0 Å². The summed E-state index contributed by atoms with van der Waals surface area (Å²) in [4.78, 5) is 0.442. The minimum absolute atomic E-state index is 0.172. The number of hydrogen-bond acceptors (Lipinski definition) is 4. The van der Waals surface area contributed by atoms with Crippen molar-refractivity contribution in [3.63, 3.8) is 0 Å². The maximum atomic E-state index is 12.9. The highest BCUT2D eigenvalue weighted by molar-refractivity contribution is 7.89. The highest BCUT2D eigenvalue weighted by Crippen LogP contribution is 2.29. The highest BCUT2D eigenvalue weighted by atomic mass is 32.2. The average molecular weight is 312 g/mol. The second-order valence-electron chi connectivity index (χ2n) is 5.53. The van der Waals surface area contributed by atoms with Crippen molar-refractivity contribution in [2.45, 2.75) is 37.7 Å². The summed E-state index contributed by atoms with van der Waals surface area (Å²) in [7, 11) is 0.0814. The number of nitrogens with zero attached hydrogens (tertiary/aromatic N) is 1. The van der Waals surface area contributed by atoms with Crippen molar-refractivity contribution in [1.29, 1.82) is 0 Å². The van der Waals surface area contributed by atoms with Crippen molar-refractivity contribution < 1.29 is 13.2 Å². The van der Waals surface area contributed by atoms with Gasteiger partial charge in [-0.1, -0.05) is 0 Å². The number of anilines is 1. The predicted octanol–water partition coefficient (Wildman–Crippen LogP) is 2.14. The van der Waals surface area contributed by atoms with E-state index >= 15 is 0 Å². The van der Waals surface area contributed by atoms with Gasteiger partial charge < -0.3 is 10.1 Å². The molecule has 0 aliphatic carbocycles. The molecular formula is C15H24N2O3S. The quantitative estimate of drug-likeness (QED) is 0.925. The number of hydrogen-bond donors (Lipinski definition) is 1. The molecule has 0 spiro atoms. The number of benzene rings is 1. The van der Waals surface area contributed by atoms with Crippen LogP contribution in [-0.2, 0) is 14.8 Å². The van der Waals surface area contributed by atoms with Crippen molar-refractivity contribution in [2.75, 3.05) is 32.6 Å². The van der Waals surface area contributed by atoms with Crippen LogP contribution in [0.4, 0.5) is 5.69 Å². The first-order valence-corrected chi connectivity index (χ1v) is 8.66. The summed E-state index contributed by atoms with van der Waals surface area (Å²) in [6, 6.07) is 3.75. The Balaban J connectivity index is 2.32. The van der Waals surface area contributed by atoms with Gasteiger partial charge >= 0.3 is 0 Å². The Kier molecular flexibility index (Phi) is 4.91. The molecule has 1 aliphatic rings. The molecule has 0 bridgehead atoms. The minimum Gasteiger partial charge on any atom is -0.388 e. The third-order valence-electron chi connectivity index (χ3n) is 4.08. The topological polar surface area (TPSA) is 58.6 Å². The van der Waals surface area contributed by atoms with Crippen LogP contribution in [0, 0.1) is 13.8 Å². The lowest BCUT2D eigenvalue weighted by Crippen LogP contribution is -2.41. The molecule has 1 aliphatic heterocycles.